The molecule has 0 heterocycles. The lowest BCUT2D eigenvalue weighted by molar-refractivity contribution is 0.743. The van der Waals surface area contributed by atoms with Crippen LogP contribution in [0.1, 0.15) is 38.9 Å². The first-order valence-electron chi connectivity index (χ1n) is 10.5. The Hall–Kier alpha value is -1.59. The van der Waals surface area contributed by atoms with Gasteiger partial charge in [-0.25, -0.2) is 0 Å². The van der Waals surface area contributed by atoms with Crippen molar-refractivity contribution in [3.8, 4) is 0 Å². The molecule has 4 heteroatoms. The van der Waals surface area contributed by atoms with Gasteiger partial charge in [-0.15, -0.1) is 0 Å². The van der Waals surface area contributed by atoms with Crippen LogP contribution in [0.4, 0.5) is 0 Å². The second kappa shape index (κ2) is 10.6. The summed E-state index contributed by atoms with van der Waals surface area (Å²) in [6.07, 6.45) is 0. The SMILES string of the molecule is SCc1ccc(C(c2ccc(Br)cc2)(c2ccc(CS)cc2)c2ccc(CS)cc2)cc1. The van der Waals surface area contributed by atoms with Crippen LogP contribution in [0.3, 0.4) is 0 Å². The van der Waals surface area contributed by atoms with E-state index in [-0.39, 0.29) is 0 Å². The molecule has 0 aliphatic rings. The molecule has 0 aliphatic heterocycles. The van der Waals surface area contributed by atoms with Gasteiger partial charge in [-0.1, -0.05) is 101 Å². The number of thiol groups is 3. The van der Waals surface area contributed by atoms with E-state index < -0.39 is 5.41 Å². The number of halogens is 1. The molecule has 4 aromatic carbocycles. The van der Waals surface area contributed by atoms with E-state index in [2.05, 4.69) is 151 Å². The quantitative estimate of drug-likeness (QED) is 0.154. The minimum absolute atomic E-state index is 0.458. The number of rotatable bonds is 7. The Bertz CT molecular complexity index is 1030. The lowest BCUT2D eigenvalue weighted by Gasteiger charge is -2.37. The summed E-state index contributed by atoms with van der Waals surface area (Å²) in [6, 6.07) is 35.2. The Morgan fingerprint density at radius 3 is 0.938 bits per heavy atom. The average molecular weight is 538 g/mol. The molecule has 4 rings (SSSR count). The molecule has 162 valence electrons. The van der Waals surface area contributed by atoms with E-state index in [0.717, 1.165) is 21.7 Å². The Kier molecular flexibility index (Phi) is 7.78. The van der Waals surface area contributed by atoms with Crippen molar-refractivity contribution < 1.29 is 0 Å². The van der Waals surface area contributed by atoms with E-state index in [1.165, 1.54) is 38.9 Å². The molecule has 0 amide bonds. The fourth-order valence-corrected chi connectivity index (χ4v) is 5.18. The number of benzene rings is 4. The second-order valence-electron chi connectivity index (χ2n) is 7.82. The van der Waals surface area contributed by atoms with Gasteiger partial charge in [-0.3, -0.25) is 0 Å². The smallest absolute Gasteiger partial charge is 0.0701 e. The predicted octanol–water partition coefficient (Wildman–Crippen LogP) is 8.12. The molecule has 0 bridgehead atoms. The molecule has 0 fully saturated rings. The lowest BCUT2D eigenvalue weighted by Crippen LogP contribution is -2.31. The van der Waals surface area contributed by atoms with Crippen molar-refractivity contribution in [1.29, 1.82) is 0 Å². The molecule has 32 heavy (non-hydrogen) atoms. The van der Waals surface area contributed by atoms with E-state index in [0.29, 0.717) is 0 Å². The molecule has 0 saturated heterocycles. The lowest BCUT2D eigenvalue weighted by atomic mass is 9.65. The second-order valence-corrected chi connectivity index (χ2v) is 9.69. The molecule has 0 aliphatic carbocycles. The van der Waals surface area contributed by atoms with Gasteiger partial charge in [0.05, 0.1) is 5.41 Å². The van der Waals surface area contributed by atoms with E-state index in [1.54, 1.807) is 0 Å². The highest BCUT2D eigenvalue weighted by Gasteiger charge is 2.38. The molecular weight excluding hydrogens is 512 g/mol. The summed E-state index contributed by atoms with van der Waals surface area (Å²) in [6.45, 7) is 0. The summed E-state index contributed by atoms with van der Waals surface area (Å²) in [5.74, 6) is 2.16. The van der Waals surface area contributed by atoms with Gasteiger partial charge in [-0.2, -0.15) is 37.9 Å². The van der Waals surface area contributed by atoms with Crippen molar-refractivity contribution >= 4 is 53.8 Å². The summed E-state index contributed by atoms with van der Waals surface area (Å²) >= 11 is 17.0. The van der Waals surface area contributed by atoms with Crippen LogP contribution in [0.25, 0.3) is 0 Å². The highest BCUT2D eigenvalue weighted by Crippen LogP contribution is 2.45. The summed E-state index contributed by atoms with van der Waals surface area (Å²) in [5.41, 5.74) is 8.05. The van der Waals surface area contributed by atoms with Crippen molar-refractivity contribution in [1.82, 2.24) is 0 Å². The third kappa shape index (κ3) is 4.56. The van der Waals surface area contributed by atoms with Crippen molar-refractivity contribution in [3.05, 3.63) is 140 Å². The van der Waals surface area contributed by atoms with Gasteiger partial charge in [0.15, 0.2) is 0 Å². The highest BCUT2D eigenvalue weighted by atomic mass is 79.9. The molecule has 0 atom stereocenters. The fourth-order valence-electron chi connectivity index (χ4n) is 4.28. The Labute approximate surface area is 215 Å². The zero-order chi connectivity index (χ0) is 22.6. The Morgan fingerprint density at radius 1 is 0.438 bits per heavy atom. The maximum Gasteiger partial charge on any atom is 0.0701 e. The molecule has 0 N–H and O–H groups in total. The van der Waals surface area contributed by atoms with E-state index >= 15 is 0 Å². The van der Waals surface area contributed by atoms with Gasteiger partial charge in [0.25, 0.3) is 0 Å². The molecule has 0 spiro atoms. The zero-order valence-electron chi connectivity index (χ0n) is 17.6. The first-order chi connectivity index (χ1) is 15.6. The topological polar surface area (TPSA) is 0 Å². The van der Waals surface area contributed by atoms with Crippen LogP contribution in [0.2, 0.25) is 0 Å². The molecule has 0 saturated carbocycles. The van der Waals surface area contributed by atoms with Crippen LogP contribution in [0.5, 0.6) is 0 Å². The van der Waals surface area contributed by atoms with Gasteiger partial charge < -0.3 is 0 Å². The molecule has 4 aromatic rings. The van der Waals surface area contributed by atoms with Crippen LogP contribution in [-0.2, 0) is 22.7 Å². The first kappa shape index (κ1) is 23.6. The van der Waals surface area contributed by atoms with Crippen LogP contribution < -0.4 is 0 Å². The summed E-state index contributed by atoms with van der Waals surface area (Å²) in [7, 11) is 0. The molecule has 0 nitrogen and oxygen atoms in total. The van der Waals surface area contributed by atoms with Crippen LogP contribution in [0, 0.1) is 0 Å². The van der Waals surface area contributed by atoms with Crippen molar-refractivity contribution in [3.63, 3.8) is 0 Å². The van der Waals surface area contributed by atoms with Crippen molar-refractivity contribution in [2.75, 3.05) is 0 Å². The maximum absolute atomic E-state index is 4.46. The normalized spacial score (nSPS) is 11.5. The first-order valence-corrected chi connectivity index (χ1v) is 13.2. The summed E-state index contributed by atoms with van der Waals surface area (Å²) in [4.78, 5) is 0. The van der Waals surface area contributed by atoms with E-state index in [9.17, 15) is 0 Å². The summed E-state index contributed by atoms with van der Waals surface area (Å²) in [5, 5.41) is 0. The Balaban J connectivity index is 2.06. The van der Waals surface area contributed by atoms with Gasteiger partial charge in [0.1, 0.15) is 0 Å². The van der Waals surface area contributed by atoms with Crippen LogP contribution >= 0.6 is 53.8 Å². The van der Waals surface area contributed by atoms with Gasteiger partial charge in [-0.05, 0) is 51.1 Å². The number of hydrogen-bond donors (Lipinski definition) is 3. The average Bonchev–Trinajstić information content (AvgIpc) is 2.86. The Morgan fingerprint density at radius 2 is 0.688 bits per heavy atom. The van der Waals surface area contributed by atoms with Gasteiger partial charge >= 0.3 is 0 Å². The molecular formula is C28H25BrS3. The monoisotopic (exact) mass is 536 g/mol. The van der Waals surface area contributed by atoms with Crippen LogP contribution in [0.15, 0.2) is 102 Å². The van der Waals surface area contributed by atoms with Gasteiger partial charge in [0.2, 0.25) is 0 Å². The minimum Gasteiger partial charge on any atom is -0.175 e. The maximum atomic E-state index is 4.46. The predicted molar refractivity (Wildman–Crippen MR) is 151 cm³/mol. The third-order valence-corrected chi connectivity index (χ3v) is 7.61. The largest absolute Gasteiger partial charge is 0.175 e. The molecule has 0 unspecified atom stereocenters. The third-order valence-electron chi connectivity index (χ3n) is 5.99. The molecule has 0 radical (unpaired) electrons. The van der Waals surface area contributed by atoms with Crippen LogP contribution in [-0.4, -0.2) is 0 Å². The fraction of sp³-hybridized carbons (Fsp3) is 0.143. The standard InChI is InChI=1S/C28H25BrS3/c29-27-15-13-26(14-16-27)28(23-7-1-20(17-30)2-8-23,24-9-3-21(18-31)4-10-24)25-11-5-22(19-32)6-12-25/h1-16,30-32H,17-19H2. The minimum atomic E-state index is -0.458. The number of hydrogen-bond acceptors (Lipinski definition) is 3. The summed E-state index contributed by atoms with van der Waals surface area (Å²) < 4.78 is 1.07. The van der Waals surface area contributed by atoms with Gasteiger partial charge in [0, 0.05) is 21.7 Å². The zero-order valence-corrected chi connectivity index (χ0v) is 21.8. The van der Waals surface area contributed by atoms with Crippen molar-refractivity contribution in [2.24, 2.45) is 0 Å². The van der Waals surface area contributed by atoms with E-state index in [4.69, 9.17) is 0 Å². The molecule has 0 aromatic heterocycles. The van der Waals surface area contributed by atoms with Crippen molar-refractivity contribution in [2.45, 2.75) is 22.7 Å². The highest BCUT2D eigenvalue weighted by molar-refractivity contribution is 9.10. The van der Waals surface area contributed by atoms with E-state index in [1.807, 2.05) is 0 Å².